The second-order valence-electron chi connectivity index (χ2n) is 13.4. The lowest BCUT2D eigenvalue weighted by Crippen LogP contribution is -2.56. The highest BCUT2D eigenvalue weighted by Gasteiger charge is 2.38. The van der Waals surface area contributed by atoms with Crippen molar-refractivity contribution in [2.75, 3.05) is 13.2 Å². The van der Waals surface area contributed by atoms with Crippen LogP contribution in [0.2, 0.25) is 0 Å². The largest absolute Gasteiger partial charge is 0.458 e. The van der Waals surface area contributed by atoms with Gasteiger partial charge in [0.2, 0.25) is 11.8 Å². The van der Waals surface area contributed by atoms with E-state index in [1.54, 1.807) is 53.7 Å². The molecular weight excluding hydrogens is 586 g/mol. The summed E-state index contributed by atoms with van der Waals surface area (Å²) in [4.78, 5) is 55.9. The average Bonchev–Trinajstić information content (AvgIpc) is 2.97. The highest BCUT2D eigenvalue weighted by Crippen LogP contribution is 2.25. The number of unbranched alkanes of at least 4 members (excludes halogenated alkanes) is 2. The number of aliphatic hydroxyl groups excluding tert-OH is 1. The molecule has 2 aromatic carbocycles. The molecule has 3 amide bonds. The van der Waals surface area contributed by atoms with Crippen molar-refractivity contribution in [3.8, 4) is 0 Å². The average molecular weight is 640 g/mol. The molecule has 0 aliphatic rings. The molecule has 0 radical (unpaired) electrons. The van der Waals surface area contributed by atoms with Gasteiger partial charge in [-0.2, -0.15) is 0 Å². The summed E-state index contributed by atoms with van der Waals surface area (Å²) in [5.74, 6) is -1.84. The van der Waals surface area contributed by atoms with Gasteiger partial charge in [-0.1, -0.05) is 81.3 Å². The molecule has 10 nitrogen and oxygen atoms in total. The second-order valence-corrected chi connectivity index (χ2v) is 13.4. The van der Waals surface area contributed by atoms with Crippen LogP contribution in [0.25, 0.3) is 0 Å². The van der Waals surface area contributed by atoms with Gasteiger partial charge >= 0.3 is 12.1 Å². The highest BCUT2D eigenvalue weighted by atomic mass is 16.6. The Kier molecular flexibility index (Phi) is 14.7. The lowest BCUT2D eigenvalue weighted by Gasteiger charge is -2.35. The Labute approximate surface area is 274 Å². The summed E-state index contributed by atoms with van der Waals surface area (Å²) in [5, 5.41) is 15.6. The van der Waals surface area contributed by atoms with Crippen LogP contribution >= 0.6 is 0 Å². The molecule has 2 aromatic rings. The molecule has 0 saturated heterocycles. The predicted molar refractivity (Wildman–Crippen MR) is 178 cm³/mol. The first-order chi connectivity index (χ1) is 21.6. The van der Waals surface area contributed by atoms with Crippen molar-refractivity contribution < 1.29 is 33.8 Å². The van der Waals surface area contributed by atoms with Gasteiger partial charge in [-0.3, -0.25) is 9.59 Å². The smallest absolute Gasteiger partial charge is 0.408 e. The minimum atomic E-state index is -1.37. The summed E-state index contributed by atoms with van der Waals surface area (Å²) in [6, 6.07) is 13.1. The molecular formula is C36H53N3O7. The fourth-order valence-corrected chi connectivity index (χ4v) is 4.81. The third-order valence-corrected chi connectivity index (χ3v) is 7.01. The van der Waals surface area contributed by atoms with Crippen LogP contribution in [0.4, 0.5) is 4.79 Å². The molecule has 0 spiro atoms. The van der Waals surface area contributed by atoms with E-state index in [2.05, 4.69) is 10.6 Å². The third kappa shape index (κ3) is 12.8. The van der Waals surface area contributed by atoms with Gasteiger partial charge in [0.25, 0.3) is 0 Å². The number of ether oxygens (including phenoxy) is 2. The monoisotopic (exact) mass is 639 g/mol. The fourth-order valence-electron chi connectivity index (χ4n) is 4.81. The van der Waals surface area contributed by atoms with E-state index < -0.39 is 59.8 Å². The zero-order valence-electron chi connectivity index (χ0n) is 28.7. The normalized spacial score (nSPS) is 13.6. The Morgan fingerprint density at radius 3 is 1.91 bits per heavy atom. The van der Waals surface area contributed by atoms with Gasteiger partial charge in [-0.25, -0.2) is 9.59 Å². The first kappa shape index (κ1) is 38.3. The number of hydrogen-bond acceptors (Lipinski definition) is 7. The van der Waals surface area contributed by atoms with E-state index in [9.17, 15) is 24.3 Å². The number of nitrogens with zero attached hydrogens (tertiary/aromatic N) is 1. The molecule has 254 valence electrons. The van der Waals surface area contributed by atoms with Crippen LogP contribution in [0.5, 0.6) is 0 Å². The van der Waals surface area contributed by atoms with Crippen molar-refractivity contribution in [3.05, 3.63) is 71.3 Å². The van der Waals surface area contributed by atoms with Gasteiger partial charge in [0.15, 0.2) is 0 Å². The Balaban J connectivity index is 2.58. The highest BCUT2D eigenvalue weighted by molar-refractivity contribution is 5.94. The molecule has 0 saturated carbocycles. The lowest BCUT2D eigenvalue weighted by molar-refractivity contribution is -0.159. The molecule has 0 aliphatic carbocycles. The van der Waals surface area contributed by atoms with Gasteiger partial charge in [0.05, 0.1) is 6.61 Å². The molecule has 0 aromatic heterocycles. The molecule has 3 unspecified atom stereocenters. The summed E-state index contributed by atoms with van der Waals surface area (Å²) < 4.78 is 11.0. The number of esters is 1. The topological polar surface area (TPSA) is 134 Å². The molecule has 0 heterocycles. The summed E-state index contributed by atoms with van der Waals surface area (Å²) in [6.07, 6.45) is 2.30. The quantitative estimate of drug-likeness (QED) is 0.179. The van der Waals surface area contributed by atoms with Gasteiger partial charge < -0.3 is 30.1 Å². The molecule has 3 atom stereocenters. The molecule has 0 fully saturated rings. The van der Waals surface area contributed by atoms with Crippen LogP contribution in [-0.2, 0) is 36.7 Å². The number of aliphatic hydroxyl groups is 1. The number of hydrogen-bond donors (Lipinski definition) is 3. The number of benzene rings is 2. The van der Waals surface area contributed by atoms with E-state index >= 15 is 0 Å². The number of carbonyl (C=O) groups excluding carboxylic acids is 4. The van der Waals surface area contributed by atoms with Gasteiger partial charge in [0, 0.05) is 13.0 Å². The molecule has 0 aliphatic heterocycles. The molecule has 0 bridgehead atoms. The van der Waals surface area contributed by atoms with E-state index in [0.717, 1.165) is 30.4 Å². The second kappa shape index (κ2) is 17.7. The van der Waals surface area contributed by atoms with E-state index in [1.165, 1.54) is 4.90 Å². The Morgan fingerprint density at radius 1 is 0.783 bits per heavy atom. The minimum Gasteiger partial charge on any atom is -0.458 e. The van der Waals surface area contributed by atoms with E-state index in [0.29, 0.717) is 12.0 Å². The van der Waals surface area contributed by atoms with E-state index in [1.807, 2.05) is 56.3 Å². The van der Waals surface area contributed by atoms with Crippen LogP contribution in [0, 0.1) is 0 Å². The zero-order valence-corrected chi connectivity index (χ0v) is 28.7. The predicted octanol–water partition coefficient (Wildman–Crippen LogP) is 5.26. The summed E-state index contributed by atoms with van der Waals surface area (Å²) >= 11 is 0. The van der Waals surface area contributed by atoms with Crippen LogP contribution in [0.15, 0.2) is 54.6 Å². The standard InChI is InChI=1S/C36H53N3O7/c1-9-11-15-22-39(32(42)29(24-40)38-34(44)46-36(6,7)8)30(27-20-18-25(10-2)19-21-27)31(41)37-28(33(43)45-35(3,4)5)23-26-16-13-12-14-17-26/h12-14,16-21,28-30,40H,9-11,15,22-24H2,1-8H3,(H,37,41)(H,38,44). The Hall–Kier alpha value is -3.92. The van der Waals surface area contributed by atoms with Gasteiger partial charge in [-0.15, -0.1) is 0 Å². The molecule has 10 heteroatoms. The molecule has 46 heavy (non-hydrogen) atoms. The maximum atomic E-state index is 14.4. The molecule has 2 rings (SSSR count). The fraction of sp³-hybridized carbons (Fsp3) is 0.556. The Morgan fingerprint density at radius 2 is 1.39 bits per heavy atom. The van der Waals surface area contributed by atoms with Crippen molar-refractivity contribution in [2.45, 2.75) is 117 Å². The van der Waals surface area contributed by atoms with Crippen molar-refractivity contribution in [3.63, 3.8) is 0 Å². The number of carbonyl (C=O) groups is 4. The van der Waals surface area contributed by atoms with Crippen molar-refractivity contribution in [2.24, 2.45) is 0 Å². The number of rotatable bonds is 15. The van der Waals surface area contributed by atoms with Crippen molar-refractivity contribution in [1.29, 1.82) is 0 Å². The summed E-state index contributed by atoms with van der Waals surface area (Å²) in [5.41, 5.74) is 0.766. The van der Waals surface area contributed by atoms with Crippen molar-refractivity contribution in [1.82, 2.24) is 15.5 Å². The maximum absolute atomic E-state index is 14.4. The van der Waals surface area contributed by atoms with Crippen LogP contribution < -0.4 is 10.6 Å². The van der Waals surface area contributed by atoms with Gasteiger partial charge in [0.1, 0.15) is 29.3 Å². The lowest BCUT2D eigenvalue weighted by atomic mass is 9.99. The maximum Gasteiger partial charge on any atom is 0.408 e. The van der Waals surface area contributed by atoms with E-state index in [4.69, 9.17) is 9.47 Å². The van der Waals surface area contributed by atoms with Crippen LogP contribution in [0.3, 0.4) is 0 Å². The summed E-state index contributed by atoms with van der Waals surface area (Å²) in [7, 11) is 0. The SMILES string of the molecule is CCCCCN(C(=O)C(CO)NC(=O)OC(C)(C)C)C(C(=O)NC(Cc1ccccc1)C(=O)OC(C)(C)C)c1ccc(CC)cc1. The van der Waals surface area contributed by atoms with Crippen LogP contribution in [-0.4, -0.2) is 70.3 Å². The van der Waals surface area contributed by atoms with Gasteiger partial charge in [-0.05, 0) is 71.1 Å². The first-order valence-electron chi connectivity index (χ1n) is 16.1. The molecule has 3 N–H and O–H groups in total. The van der Waals surface area contributed by atoms with Crippen molar-refractivity contribution >= 4 is 23.9 Å². The third-order valence-electron chi connectivity index (χ3n) is 7.01. The van der Waals surface area contributed by atoms with Crippen LogP contribution in [0.1, 0.15) is 97.4 Å². The number of aryl methyl sites for hydroxylation is 1. The van der Waals surface area contributed by atoms with E-state index in [-0.39, 0.29) is 13.0 Å². The number of nitrogens with one attached hydrogen (secondary N) is 2. The first-order valence-corrected chi connectivity index (χ1v) is 16.1. The Bertz CT molecular complexity index is 1270. The zero-order chi connectivity index (χ0) is 34.5. The minimum absolute atomic E-state index is 0.169. The number of amides is 3. The summed E-state index contributed by atoms with van der Waals surface area (Å²) in [6.45, 7) is 13.8. The number of alkyl carbamates (subject to hydrolysis) is 1.